The molecule has 3 N–H and O–H groups in total. The molecule has 0 spiro atoms. The van der Waals surface area contributed by atoms with E-state index in [0.717, 1.165) is 5.56 Å². The molecule has 1 amide bonds. The van der Waals surface area contributed by atoms with Gasteiger partial charge in [0.1, 0.15) is 5.82 Å². The van der Waals surface area contributed by atoms with E-state index in [9.17, 15) is 22.8 Å². The summed E-state index contributed by atoms with van der Waals surface area (Å²) in [4.78, 5) is 34.0. The number of hydrogen-bond donors (Lipinski definition) is 2. The zero-order valence-corrected chi connectivity index (χ0v) is 17.3. The molecule has 0 atom stereocenters. The molecule has 0 aliphatic carbocycles. The molecule has 0 radical (unpaired) electrons. The summed E-state index contributed by atoms with van der Waals surface area (Å²) in [5, 5.41) is 0.359. The highest BCUT2D eigenvalue weighted by molar-refractivity contribution is 6.33. The number of ether oxygens (including phenoxy) is 1. The summed E-state index contributed by atoms with van der Waals surface area (Å²) < 4.78 is 41.4. The highest BCUT2D eigenvalue weighted by Crippen LogP contribution is 2.28. The number of nitrogens with two attached hydrogens (primary N) is 1. The second kappa shape index (κ2) is 9.82. The van der Waals surface area contributed by atoms with E-state index < -0.39 is 18.3 Å². The van der Waals surface area contributed by atoms with Gasteiger partial charge < -0.3 is 15.5 Å². The monoisotopic (exact) mass is 466 g/mol. The maximum absolute atomic E-state index is 12.3. The van der Waals surface area contributed by atoms with Crippen molar-refractivity contribution in [3.63, 3.8) is 0 Å². The van der Waals surface area contributed by atoms with E-state index in [1.165, 1.54) is 24.4 Å². The van der Waals surface area contributed by atoms with Gasteiger partial charge in [-0.25, -0.2) is 9.97 Å². The Bertz CT molecular complexity index is 1160. The molecule has 0 saturated carbocycles. The minimum Gasteiger partial charge on any atom is -0.468 e. The minimum absolute atomic E-state index is 0.206. The van der Waals surface area contributed by atoms with Crippen LogP contribution in [-0.2, 0) is 11.2 Å². The smallest absolute Gasteiger partial charge is 0.422 e. The van der Waals surface area contributed by atoms with E-state index in [2.05, 4.69) is 19.7 Å². The molecule has 3 rings (SSSR count). The molecule has 168 valence electrons. The molecular formula is C21H18ClF3N4O3. The number of hydrogen-bond acceptors (Lipinski definition) is 5. The van der Waals surface area contributed by atoms with Crippen LogP contribution in [0.15, 0.2) is 47.4 Å². The van der Waals surface area contributed by atoms with Gasteiger partial charge in [0, 0.05) is 35.9 Å². The van der Waals surface area contributed by atoms with Crippen LogP contribution in [0.1, 0.15) is 18.4 Å². The van der Waals surface area contributed by atoms with Gasteiger partial charge in [0.2, 0.25) is 11.8 Å². The maximum atomic E-state index is 12.3. The highest BCUT2D eigenvalue weighted by Gasteiger charge is 2.28. The van der Waals surface area contributed by atoms with Crippen LogP contribution in [0.5, 0.6) is 5.88 Å². The number of carbonyl (C=O) groups is 1. The number of benzene rings is 1. The number of primary amides is 1. The number of amides is 1. The van der Waals surface area contributed by atoms with E-state index in [-0.39, 0.29) is 29.7 Å². The summed E-state index contributed by atoms with van der Waals surface area (Å²) in [6.07, 6.45) is -1.82. The molecule has 32 heavy (non-hydrogen) atoms. The molecule has 2 aromatic heterocycles. The lowest BCUT2D eigenvalue weighted by atomic mass is 10.0. The summed E-state index contributed by atoms with van der Waals surface area (Å²) in [5.41, 5.74) is 6.75. The number of rotatable bonds is 8. The first-order chi connectivity index (χ1) is 15.1. The van der Waals surface area contributed by atoms with E-state index >= 15 is 0 Å². The summed E-state index contributed by atoms with van der Waals surface area (Å²) >= 11 is 6.30. The van der Waals surface area contributed by atoms with E-state index in [4.69, 9.17) is 17.3 Å². The van der Waals surface area contributed by atoms with Crippen LogP contribution in [0.4, 0.5) is 13.2 Å². The van der Waals surface area contributed by atoms with Crippen molar-refractivity contribution in [2.75, 3.05) is 6.61 Å². The van der Waals surface area contributed by atoms with Crippen molar-refractivity contribution in [1.82, 2.24) is 15.0 Å². The summed E-state index contributed by atoms with van der Waals surface area (Å²) in [6.45, 7) is -1.46. The molecule has 0 aliphatic heterocycles. The van der Waals surface area contributed by atoms with Crippen molar-refractivity contribution in [1.29, 1.82) is 0 Å². The summed E-state index contributed by atoms with van der Waals surface area (Å²) in [6, 6.07) is 9.18. The lowest BCUT2D eigenvalue weighted by Gasteiger charge is -2.10. The Balaban J connectivity index is 1.86. The molecule has 3 aromatic rings. The lowest BCUT2D eigenvalue weighted by molar-refractivity contribution is -0.154. The second-order valence-corrected chi connectivity index (χ2v) is 7.31. The van der Waals surface area contributed by atoms with Gasteiger partial charge >= 0.3 is 6.18 Å². The Hall–Kier alpha value is -3.40. The van der Waals surface area contributed by atoms with Gasteiger partial charge in [-0.3, -0.25) is 9.59 Å². The van der Waals surface area contributed by atoms with Crippen LogP contribution in [0.25, 0.3) is 22.6 Å². The van der Waals surface area contributed by atoms with Crippen molar-refractivity contribution in [3.8, 4) is 28.5 Å². The number of carbonyl (C=O) groups excluding carboxylic acids is 1. The van der Waals surface area contributed by atoms with E-state index in [1.54, 1.807) is 18.2 Å². The predicted octanol–water partition coefficient (Wildman–Crippen LogP) is 3.90. The number of halogens is 4. The molecule has 0 bridgehead atoms. The number of aryl methyl sites for hydroxylation is 1. The van der Waals surface area contributed by atoms with Crippen molar-refractivity contribution < 1.29 is 22.7 Å². The van der Waals surface area contributed by atoms with Crippen molar-refractivity contribution in [2.24, 2.45) is 5.73 Å². The van der Waals surface area contributed by atoms with Crippen molar-refractivity contribution in [2.45, 2.75) is 25.4 Å². The Labute approximate surface area is 185 Å². The first kappa shape index (κ1) is 23.3. The number of aromatic nitrogens is 3. The fraction of sp³-hybridized carbons (Fsp3) is 0.238. The number of alkyl halides is 3. The average Bonchev–Trinajstić information content (AvgIpc) is 2.72. The zero-order valence-electron chi connectivity index (χ0n) is 16.6. The van der Waals surface area contributed by atoms with Gasteiger partial charge in [-0.2, -0.15) is 13.2 Å². The van der Waals surface area contributed by atoms with Crippen molar-refractivity contribution >= 4 is 17.5 Å². The summed E-state index contributed by atoms with van der Waals surface area (Å²) in [5.74, 6) is -0.379. The van der Waals surface area contributed by atoms with Gasteiger partial charge in [-0.1, -0.05) is 17.7 Å². The third kappa shape index (κ3) is 6.55. The van der Waals surface area contributed by atoms with Crippen LogP contribution in [0.3, 0.4) is 0 Å². The van der Waals surface area contributed by atoms with Crippen LogP contribution in [-0.4, -0.2) is 33.6 Å². The molecular weight excluding hydrogens is 449 g/mol. The Morgan fingerprint density at radius 3 is 2.62 bits per heavy atom. The molecule has 1 aromatic carbocycles. The number of H-pyrrole nitrogens is 1. The predicted molar refractivity (Wildman–Crippen MR) is 112 cm³/mol. The van der Waals surface area contributed by atoms with Gasteiger partial charge in [-0.05, 0) is 36.6 Å². The third-order valence-corrected chi connectivity index (χ3v) is 4.66. The zero-order chi connectivity index (χ0) is 23.3. The average molecular weight is 467 g/mol. The standard InChI is InChI=1S/C21H18ClF3N4O3/c22-15-6-4-12(2-1-3-17(26)30)8-14(15)20-28-16(9-18(31)29-20)13-5-7-19(27-10-13)32-11-21(23,24)25/h4-10H,1-3,11H2,(H2,26,30)(H,28,29,31). The number of nitrogens with one attached hydrogen (secondary N) is 1. The molecule has 0 aliphatic rings. The fourth-order valence-corrected chi connectivity index (χ4v) is 3.09. The normalized spacial score (nSPS) is 11.4. The largest absolute Gasteiger partial charge is 0.468 e. The lowest BCUT2D eigenvalue weighted by Crippen LogP contribution is -2.19. The fourth-order valence-electron chi connectivity index (χ4n) is 2.88. The number of nitrogens with zero attached hydrogens (tertiary/aromatic N) is 2. The summed E-state index contributed by atoms with van der Waals surface area (Å²) in [7, 11) is 0. The highest BCUT2D eigenvalue weighted by atomic mass is 35.5. The van der Waals surface area contributed by atoms with E-state index in [1.807, 2.05) is 0 Å². The molecule has 11 heteroatoms. The molecule has 0 saturated heterocycles. The SMILES string of the molecule is NC(=O)CCCc1ccc(Cl)c(-c2nc(-c3ccc(OCC(F)(F)F)nc3)cc(=O)[nH]2)c1. The maximum Gasteiger partial charge on any atom is 0.422 e. The van der Waals surface area contributed by atoms with Crippen LogP contribution < -0.4 is 16.0 Å². The number of aromatic amines is 1. The topological polar surface area (TPSA) is 111 Å². The first-order valence-corrected chi connectivity index (χ1v) is 9.83. The van der Waals surface area contributed by atoms with E-state index in [0.29, 0.717) is 29.0 Å². The van der Waals surface area contributed by atoms with Gasteiger partial charge in [-0.15, -0.1) is 0 Å². The van der Waals surface area contributed by atoms with Gasteiger partial charge in [0.25, 0.3) is 5.56 Å². The van der Waals surface area contributed by atoms with Gasteiger partial charge in [0.15, 0.2) is 6.61 Å². The van der Waals surface area contributed by atoms with Crippen LogP contribution >= 0.6 is 11.6 Å². The molecule has 0 fully saturated rings. The third-order valence-electron chi connectivity index (χ3n) is 4.33. The Kier molecular flexibility index (Phi) is 7.14. The molecule has 2 heterocycles. The number of pyridine rings is 1. The molecule has 0 unspecified atom stereocenters. The Morgan fingerprint density at radius 2 is 1.97 bits per heavy atom. The van der Waals surface area contributed by atoms with Gasteiger partial charge in [0.05, 0.1) is 10.7 Å². The van der Waals surface area contributed by atoms with Crippen LogP contribution in [0.2, 0.25) is 5.02 Å². The Morgan fingerprint density at radius 1 is 1.19 bits per heavy atom. The first-order valence-electron chi connectivity index (χ1n) is 9.45. The second-order valence-electron chi connectivity index (χ2n) is 6.90. The molecule has 7 nitrogen and oxygen atoms in total. The van der Waals surface area contributed by atoms with Crippen molar-refractivity contribution in [3.05, 3.63) is 63.5 Å². The quantitative estimate of drug-likeness (QED) is 0.523. The minimum atomic E-state index is -4.48. The van der Waals surface area contributed by atoms with Crippen LogP contribution in [0, 0.1) is 0 Å².